The van der Waals surface area contributed by atoms with Gasteiger partial charge in [-0.15, -0.1) is 0 Å². The Hall–Kier alpha value is -0.830. The summed E-state index contributed by atoms with van der Waals surface area (Å²) in [7, 11) is -3.06. The van der Waals surface area contributed by atoms with E-state index in [9.17, 15) is 8.42 Å². The van der Waals surface area contributed by atoms with Crippen LogP contribution >= 0.6 is 0 Å². The lowest BCUT2D eigenvalue weighted by Gasteiger charge is -1.93. The van der Waals surface area contributed by atoms with Gasteiger partial charge in [-0.2, -0.15) is 0 Å². The number of hydrogen-bond acceptors (Lipinski definition) is 2. The lowest BCUT2D eigenvalue weighted by molar-refractivity contribution is 0.610. The highest BCUT2D eigenvalue weighted by atomic mass is 32.2. The number of hydrogen-bond donors (Lipinski definition) is 0. The average molecular weight is 184 g/mol. The standard InChI is InChI=1S/C9H12O2S/c1-3-4-5-9-6-7-12(10,11)8(9)2/h4-7H,3H2,1-2H3/b5-4-. The fraction of sp³-hybridized carbons (Fsp3) is 0.333. The summed E-state index contributed by atoms with van der Waals surface area (Å²) in [6.45, 7) is 3.64. The van der Waals surface area contributed by atoms with E-state index in [1.807, 2.05) is 19.1 Å². The van der Waals surface area contributed by atoms with Gasteiger partial charge in [-0.25, -0.2) is 8.42 Å². The van der Waals surface area contributed by atoms with Gasteiger partial charge >= 0.3 is 0 Å². The third kappa shape index (κ3) is 1.67. The molecule has 0 aliphatic carbocycles. The molecule has 0 saturated carbocycles. The maximum absolute atomic E-state index is 11.2. The van der Waals surface area contributed by atoms with Crippen molar-refractivity contribution in [2.75, 3.05) is 0 Å². The molecule has 0 radical (unpaired) electrons. The largest absolute Gasteiger partial charge is 0.219 e. The highest BCUT2D eigenvalue weighted by molar-refractivity contribution is 7.98. The first kappa shape index (κ1) is 9.26. The van der Waals surface area contributed by atoms with Crippen LogP contribution in [-0.2, 0) is 9.84 Å². The second kappa shape index (κ2) is 3.27. The van der Waals surface area contributed by atoms with Crippen LogP contribution in [0.5, 0.6) is 0 Å². The fourth-order valence-electron chi connectivity index (χ4n) is 0.964. The van der Waals surface area contributed by atoms with Crippen LogP contribution < -0.4 is 0 Å². The lowest BCUT2D eigenvalue weighted by atomic mass is 10.2. The van der Waals surface area contributed by atoms with E-state index in [4.69, 9.17) is 0 Å². The number of allylic oxidation sites excluding steroid dienone is 5. The Bertz CT molecular complexity index is 356. The molecular weight excluding hydrogens is 172 g/mol. The van der Waals surface area contributed by atoms with Crippen LogP contribution in [0, 0.1) is 0 Å². The Balaban J connectivity index is 3.03. The molecule has 0 saturated heterocycles. The minimum Gasteiger partial charge on any atom is -0.219 e. The molecule has 0 unspecified atom stereocenters. The van der Waals surface area contributed by atoms with Gasteiger partial charge in [0.25, 0.3) is 0 Å². The first-order valence-corrected chi connectivity index (χ1v) is 5.43. The molecule has 0 spiro atoms. The van der Waals surface area contributed by atoms with Crippen molar-refractivity contribution in [1.29, 1.82) is 0 Å². The van der Waals surface area contributed by atoms with Crippen molar-refractivity contribution in [1.82, 2.24) is 0 Å². The van der Waals surface area contributed by atoms with Crippen LogP contribution in [0.1, 0.15) is 20.3 Å². The van der Waals surface area contributed by atoms with Crippen LogP contribution in [0.2, 0.25) is 0 Å². The van der Waals surface area contributed by atoms with E-state index in [1.54, 1.807) is 13.0 Å². The molecule has 1 heterocycles. The van der Waals surface area contributed by atoms with E-state index < -0.39 is 9.84 Å². The molecule has 0 N–H and O–H groups in total. The molecule has 0 aromatic rings. The number of rotatable bonds is 2. The van der Waals surface area contributed by atoms with Gasteiger partial charge in [-0.1, -0.05) is 19.1 Å². The third-order valence-corrected chi connectivity index (χ3v) is 3.38. The molecular formula is C9H12O2S. The summed E-state index contributed by atoms with van der Waals surface area (Å²) in [5, 5.41) is 1.25. The van der Waals surface area contributed by atoms with Crippen molar-refractivity contribution < 1.29 is 8.42 Å². The van der Waals surface area contributed by atoms with E-state index in [2.05, 4.69) is 0 Å². The van der Waals surface area contributed by atoms with Gasteiger partial charge in [0, 0.05) is 5.41 Å². The highest BCUT2D eigenvalue weighted by Gasteiger charge is 2.17. The zero-order valence-corrected chi connectivity index (χ0v) is 8.06. The van der Waals surface area contributed by atoms with E-state index in [0.29, 0.717) is 4.91 Å². The highest BCUT2D eigenvalue weighted by Crippen LogP contribution is 2.23. The van der Waals surface area contributed by atoms with Gasteiger partial charge in [-0.3, -0.25) is 0 Å². The first-order valence-electron chi connectivity index (χ1n) is 3.88. The molecule has 1 rings (SSSR count). The van der Waals surface area contributed by atoms with Crippen LogP contribution in [-0.4, -0.2) is 8.42 Å². The summed E-state index contributed by atoms with van der Waals surface area (Å²) < 4.78 is 22.3. The SMILES string of the molecule is CC/C=C\C1=C(C)S(=O)(=O)C=C1. The molecule has 0 atom stereocenters. The van der Waals surface area contributed by atoms with Gasteiger partial charge in [0.1, 0.15) is 0 Å². The Labute approximate surface area is 73.2 Å². The molecule has 2 nitrogen and oxygen atoms in total. The Morgan fingerprint density at radius 2 is 2.17 bits per heavy atom. The Morgan fingerprint density at radius 3 is 2.58 bits per heavy atom. The Morgan fingerprint density at radius 1 is 1.50 bits per heavy atom. The summed E-state index contributed by atoms with van der Waals surface area (Å²) in [6.07, 6.45) is 6.35. The molecule has 3 heteroatoms. The summed E-state index contributed by atoms with van der Waals surface area (Å²) in [6, 6.07) is 0. The van der Waals surface area contributed by atoms with Crippen LogP contribution in [0.3, 0.4) is 0 Å². The molecule has 0 amide bonds. The van der Waals surface area contributed by atoms with Crippen LogP contribution in [0.15, 0.2) is 34.1 Å². The van der Waals surface area contributed by atoms with Crippen molar-refractivity contribution in [3.05, 3.63) is 34.1 Å². The third-order valence-electron chi connectivity index (χ3n) is 1.79. The maximum atomic E-state index is 11.2. The van der Waals surface area contributed by atoms with E-state index in [0.717, 1.165) is 12.0 Å². The van der Waals surface area contributed by atoms with Gasteiger partial charge < -0.3 is 0 Å². The van der Waals surface area contributed by atoms with Gasteiger partial charge in [-0.05, 0) is 25.0 Å². The van der Waals surface area contributed by atoms with E-state index in [-0.39, 0.29) is 0 Å². The van der Waals surface area contributed by atoms with E-state index in [1.165, 1.54) is 5.41 Å². The van der Waals surface area contributed by atoms with Gasteiger partial charge in [0.15, 0.2) is 9.84 Å². The first-order chi connectivity index (χ1) is 5.58. The fourth-order valence-corrected chi connectivity index (χ4v) is 1.96. The summed E-state index contributed by atoms with van der Waals surface area (Å²) in [5.74, 6) is 0. The maximum Gasteiger partial charge on any atom is 0.196 e. The second-order valence-corrected chi connectivity index (χ2v) is 4.64. The van der Waals surface area contributed by atoms with Crippen molar-refractivity contribution in [3.8, 4) is 0 Å². The van der Waals surface area contributed by atoms with Crippen molar-refractivity contribution in [2.24, 2.45) is 0 Å². The van der Waals surface area contributed by atoms with Gasteiger partial charge in [0.05, 0.1) is 4.91 Å². The van der Waals surface area contributed by atoms with Crippen molar-refractivity contribution in [2.45, 2.75) is 20.3 Å². The minimum atomic E-state index is -3.06. The molecule has 0 bridgehead atoms. The molecule has 1 aliphatic heterocycles. The summed E-state index contributed by atoms with van der Waals surface area (Å²) >= 11 is 0. The molecule has 0 aromatic carbocycles. The average Bonchev–Trinajstić information content (AvgIpc) is 2.26. The zero-order chi connectivity index (χ0) is 9.19. The monoisotopic (exact) mass is 184 g/mol. The lowest BCUT2D eigenvalue weighted by Crippen LogP contribution is -1.92. The quantitative estimate of drug-likeness (QED) is 0.659. The Kier molecular flexibility index (Phi) is 2.52. The molecule has 0 fully saturated rings. The molecule has 66 valence electrons. The van der Waals surface area contributed by atoms with E-state index >= 15 is 0 Å². The topological polar surface area (TPSA) is 34.1 Å². The minimum absolute atomic E-state index is 0.451. The molecule has 0 aromatic heterocycles. The van der Waals surface area contributed by atoms with Crippen LogP contribution in [0.4, 0.5) is 0 Å². The smallest absolute Gasteiger partial charge is 0.196 e. The summed E-state index contributed by atoms with van der Waals surface area (Å²) in [4.78, 5) is 0.451. The van der Waals surface area contributed by atoms with Crippen molar-refractivity contribution in [3.63, 3.8) is 0 Å². The second-order valence-electron chi connectivity index (χ2n) is 2.67. The molecule has 12 heavy (non-hydrogen) atoms. The predicted octanol–water partition coefficient (Wildman–Crippen LogP) is 2.17. The molecule has 1 aliphatic rings. The van der Waals surface area contributed by atoms with Gasteiger partial charge in [0.2, 0.25) is 0 Å². The normalized spacial score (nSPS) is 21.2. The van der Waals surface area contributed by atoms with Crippen LogP contribution in [0.25, 0.3) is 0 Å². The zero-order valence-electron chi connectivity index (χ0n) is 7.24. The summed E-state index contributed by atoms with van der Waals surface area (Å²) in [5.41, 5.74) is 0.803. The van der Waals surface area contributed by atoms with Crippen molar-refractivity contribution >= 4 is 9.84 Å². The number of sulfone groups is 1. The predicted molar refractivity (Wildman–Crippen MR) is 50.2 cm³/mol.